The molecule has 1 aromatic carbocycles. The SMILES string of the molecule is C[C@H]1CCC[C@]2(C)C[C@H]3OC(=O)[C@@H](CN(C)C[C@H](O)c4ccc(O)cc4)[C@H]3C=C12. The van der Waals surface area contributed by atoms with Crippen LogP contribution >= 0.6 is 0 Å². The van der Waals surface area contributed by atoms with Crippen molar-refractivity contribution in [3.63, 3.8) is 0 Å². The number of aliphatic hydroxyl groups is 1. The number of carbonyl (C=O) groups is 1. The van der Waals surface area contributed by atoms with Crippen LogP contribution in [0.5, 0.6) is 5.75 Å². The van der Waals surface area contributed by atoms with E-state index in [0.29, 0.717) is 19.0 Å². The van der Waals surface area contributed by atoms with E-state index in [0.717, 1.165) is 12.0 Å². The number of fused-ring (bicyclic) bond motifs is 2. The molecule has 0 bridgehead atoms. The van der Waals surface area contributed by atoms with Crippen molar-refractivity contribution in [3.8, 4) is 5.75 Å². The zero-order chi connectivity index (χ0) is 20.8. The third-order valence-electron chi connectivity index (χ3n) is 7.35. The fourth-order valence-corrected chi connectivity index (χ4v) is 5.77. The summed E-state index contributed by atoms with van der Waals surface area (Å²) in [6.07, 6.45) is 6.31. The summed E-state index contributed by atoms with van der Waals surface area (Å²) < 4.78 is 5.83. The number of allylic oxidation sites excluding steroid dienone is 1. The van der Waals surface area contributed by atoms with Crippen LogP contribution < -0.4 is 0 Å². The van der Waals surface area contributed by atoms with Crippen molar-refractivity contribution < 1.29 is 19.7 Å². The van der Waals surface area contributed by atoms with Crippen molar-refractivity contribution in [1.29, 1.82) is 0 Å². The van der Waals surface area contributed by atoms with Crippen molar-refractivity contribution in [3.05, 3.63) is 41.5 Å². The van der Waals surface area contributed by atoms with Crippen LogP contribution in [0.3, 0.4) is 0 Å². The number of benzene rings is 1. The number of nitrogens with zero attached hydrogens (tertiary/aromatic N) is 1. The van der Waals surface area contributed by atoms with Gasteiger partial charge < -0.3 is 19.8 Å². The van der Waals surface area contributed by atoms with Crippen LogP contribution in [0.25, 0.3) is 0 Å². The quantitative estimate of drug-likeness (QED) is 0.584. The van der Waals surface area contributed by atoms with Gasteiger partial charge in [0.05, 0.1) is 12.0 Å². The van der Waals surface area contributed by atoms with Gasteiger partial charge in [0.1, 0.15) is 11.9 Å². The number of phenols is 1. The second-order valence-corrected chi connectivity index (χ2v) is 9.67. The predicted octanol–water partition coefficient (Wildman–Crippen LogP) is 3.67. The number of esters is 1. The Balaban J connectivity index is 1.45. The maximum Gasteiger partial charge on any atom is 0.311 e. The number of hydrogen-bond donors (Lipinski definition) is 2. The summed E-state index contributed by atoms with van der Waals surface area (Å²) in [6, 6.07) is 6.61. The van der Waals surface area contributed by atoms with E-state index >= 15 is 0 Å². The molecular weight excluding hydrogens is 366 g/mol. The number of phenolic OH excluding ortho intramolecular Hbond substituents is 1. The summed E-state index contributed by atoms with van der Waals surface area (Å²) >= 11 is 0. The van der Waals surface area contributed by atoms with Crippen LogP contribution in [-0.2, 0) is 9.53 Å². The Hall–Kier alpha value is -1.85. The highest BCUT2D eigenvalue weighted by atomic mass is 16.6. The smallest absolute Gasteiger partial charge is 0.311 e. The molecule has 3 aliphatic rings. The van der Waals surface area contributed by atoms with Crippen molar-refractivity contribution in [1.82, 2.24) is 4.90 Å². The Morgan fingerprint density at radius 1 is 1.31 bits per heavy atom. The molecule has 1 aliphatic heterocycles. The average molecular weight is 400 g/mol. The molecule has 2 N–H and O–H groups in total. The Labute approximate surface area is 173 Å². The van der Waals surface area contributed by atoms with Gasteiger partial charge >= 0.3 is 5.97 Å². The molecule has 4 rings (SSSR count). The first-order chi connectivity index (χ1) is 13.8. The predicted molar refractivity (Wildman–Crippen MR) is 111 cm³/mol. The van der Waals surface area contributed by atoms with Crippen LogP contribution in [-0.4, -0.2) is 47.3 Å². The Bertz CT molecular complexity index is 789. The second kappa shape index (κ2) is 7.77. The highest BCUT2D eigenvalue weighted by Gasteiger charge is 2.51. The Kier molecular flexibility index (Phi) is 5.47. The van der Waals surface area contributed by atoms with Gasteiger partial charge in [-0.3, -0.25) is 4.79 Å². The van der Waals surface area contributed by atoms with Gasteiger partial charge in [-0.05, 0) is 55.3 Å². The minimum Gasteiger partial charge on any atom is -0.508 e. The Morgan fingerprint density at radius 2 is 2.03 bits per heavy atom. The summed E-state index contributed by atoms with van der Waals surface area (Å²) in [6.45, 7) is 5.66. The summed E-state index contributed by atoms with van der Waals surface area (Å²) in [5, 5.41) is 19.9. The number of carbonyl (C=O) groups excluding carboxylic acids is 1. The van der Waals surface area contributed by atoms with Crippen LogP contribution in [0.4, 0.5) is 0 Å². The summed E-state index contributed by atoms with van der Waals surface area (Å²) in [7, 11) is 1.94. The number of aromatic hydroxyl groups is 1. The summed E-state index contributed by atoms with van der Waals surface area (Å²) in [4.78, 5) is 14.7. The molecule has 1 aromatic rings. The van der Waals surface area contributed by atoms with Crippen LogP contribution in [0.2, 0.25) is 0 Å². The summed E-state index contributed by atoms with van der Waals surface area (Å²) in [5.74, 6) is 0.628. The lowest BCUT2D eigenvalue weighted by Crippen LogP contribution is -2.40. The molecule has 0 spiro atoms. The molecular formula is C24H33NO4. The molecule has 5 heteroatoms. The van der Waals surface area contributed by atoms with E-state index in [-0.39, 0.29) is 35.1 Å². The minimum atomic E-state index is -0.666. The number of rotatable bonds is 5. The molecule has 2 aliphatic carbocycles. The molecule has 1 saturated heterocycles. The van der Waals surface area contributed by atoms with Gasteiger partial charge in [0.25, 0.3) is 0 Å². The fraction of sp³-hybridized carbons (Fsp3) is 0.625. The molecule has 0 aromatic heterocycles. The molecule has 2 fully saturated rings. The zero-order valence-corrected chi connectivity index (χ0v) is 17.7. The highest BCUT2D eigenvalue weighted by Crippen LogP contribution is 2.53. The molecule has 6 atom stereocenters. The van der Waals surface area contributed by atoms with Crippen molar-refractivity contribution in [2.45, 2.75) is 51.7 Å². The fourth-order valence-electron chi connectivity index (χ4n) is 5.77. The normalized spacial score (nSPS) is 34.9. The van der Waals surface area contributed by atoms with Gasteiger partial charge in [0, 0.05) is 19.0 Å². The first-order valence-corrected chi connectivity index (χ1v) is 10.8. The number of hydrogen-bond acceptors (Lipinski definition) is 5. The number of aliphatic hydroxyl groups excluding tert-OH is 1. The highest BCUT2D eigenvalue weighted by molar-refractivity contribution is 5.76. The first kappa shape index (κ1) is 20.4. The lowest BCUT2D eigenvalue weighted by atomic mass is 9.59. The molecule has 1 heterocycles. The molecule has 0 unspecified atom stereocenters. The van der Waals surface area contributed by atoms with Crippen molar-refractivity contribution >= 4 is 5.97 Å². The van der Waals surface area contributed by atoms with E-state index in [9.17, 15) is 15.0 Å². The van der Waals surface area contributed by atoms with E-state index in [2.05, 4.69) is 19.9 Å². The topological polar surface area (TPSA) is 70.0 Å². The van der Waals surface area contributed by atoms with Gasteiger partial charge in [-0.15, -0.1) is 0 Å². The van der Waals surface area contributed by atoms with E-state index in [4.69, 9.17) is 4.74 Å². The molecule has 158 valence electrons. The molecule has 0 amide bonds. The monoisotopic (exact) mass is 399 g/mol. The minimum absolute atomic E-state index is 0.0121. The average Bonchev–Trinajstić information content (AvgIpc) is 2.94. The summed E-state index contributed by atoms with van der Waals surface area (Å²) in [5.41, 5.74) is 2.46. The third-order valence-corrected chi connectivity index (χ3v) is 7.35. The van der Waals surface area contributed by atoms with E-state index in [1.807, 2.05) is 11.9 Å². The lowest BCUT2D eigenvalue weighted by Gasteiger charge is -2.46. The molecule has 5 nitrogen and oxygen atoms in total. The number of ether oxygens (including phenoxy) is 1. The van der Waals surface area contributed by atoms with Crippen molar-refractivity contribution in [2.24, 2.45) is 23.2 Å². The lowest BCUT2D eigenvalue weighted by molar-refractivity contribution is -0.145. The van der Waals surface area contributed by atoms with E-state index in [1.165, 1.54) is 24.8 Å². The zero-order valence-electron chi connectivity index (χ0n) is 17.7. The Morgan fingerprint density at radius 3 is 2.76 bits per heavy atom. The molecule has 1 saturated carbocycles. The standard InChI is InChI=1S/C24H33NO4/c1-15-5-4-10-24(2)12-22-18(11-20(15)24)19(23(28)29-22)13-25(3)14-21(27)16-6-8-17(26)9-7-16/h6-9,11,15,18-19,21-22,26-27H,4-5,10,12-14H2,1-3H3/t15-,18+,19-,21-,22+,24+/m0/s1. The van der Waals surface area contributed by atoms with Gasteiger partial charge in [-0.25, -0.2) is 0 Å². The van der Waals surface area contributed by atoms with Gasteiger partial charge in [0.15, 0.2) is 0 Å². The largest absolute Gasteiger partial charge is 0.508 e. The maximum absolute atomic E-state index is 12.7. The van der Waals surface area contributed by atoms with E-state index in [1.54, 1.807) is 24.3 Å². The van der Waals surface area contributed by atoms with Crippen LogP contribution in [0.1, 0.15) is 51.2 Å². The second-order valence-electron chi connectivity index (χ2n) is 9.67. The van der Waals surface area contributed by atoms with Crippen molar-refractivity contribution in [2.75, 3.05) is 20.1 Å². The van der Waals surface area contributed by atoms with Gasteiger partial charge in [0.2, 0.25) is 0 Å². The maximum atomic E-state index is 12.7. The van der Waals surface area contributed by atoms with Gasteiger partial charge in [-0.2, -0.15) is 0 Å². The number of likely N-dealkylation sites (N-methyl/N-ethyl adjacent to an activating group) is 1. The van der Waals surface area contributed by atoms with E-state index < -0.39 is 6.10 Å². The molecule has 0 radical (unpaired) electrons. The molecule has 29 heavy (non-hydrogen) atoms. The third kappa shape index (κ3) is 3.95. The van der Waals surface area contributed by atoms with Crippen LogP contribution in [0, 0.1) is 23.2 Å². The van der Waals surface area contributed by atoms with Crippen LogP contribution in [0.15, 0.2) is 35.9 Å². The first-order valence-electron chi connectivity index (χ1n) is 10.8. The van der Waals surface area contributed by atoms with Gasteiger partial charge in [-0.1, -0.05) is 44.1 Å².